The van der Waals surface area contributed by atoms with Gasteiger partial charge in [0, 0.05) is 12.6 Å². The van der Waals surface area contributed by atoms with Crippen molar-refractivity contribution in [3.05, 3.63) is 48.5 Å². The smallest absolute Gasteiger partial charge is 0.241 e. The van der Waals surface area contributed by atoms with Crippen molar-refractivity contribution in [3.63, 3.8) is 0 Å². The average molecular weight is 442 g/mol. The van der Waals surface area contributed by atoms with Gasteiger partial charge in [-0.1, -0.05) is 30.0 Å². The Morgan fingerprint density at radius 3 is 2.77 bits per heavy atom. The van der Waals surface area contributed by atoms with Gasteiger partial charge in [0.15, 0.2) is 5.17 Å². The maximum Gasteiger partial charge on any atom is 0.241 e. The van der Waals surface area contributed by atoms with Crippen LogP contribution >= 0.6 is 11.8 Å². The van der Waals surface area contributed by atoms with E-state index in [0.717, 1.165) is 5.69 Å². The summed E-state index contributed by atoms with van der Waals surface area (Å²) in [7, 11) is 3.09. The molecule has 2 aliphatic rings. The third-order valence-electron chi connectivity index (χ3n) is 4.96. The van der Waals surface area contributed by atoms with Crippen LogP contribution in [0.1, 0.15) is 0 Å². The zero-order valence-corrected chi connectivity index (χ0v) is 17.9. The van der Waals surface area contributed by atoms with Gasteiger partial charge in [0.2, 0.25) is 11.8 Å². The van der Waals surface area contributed by atoms with E-state index in [1.165, 1.54) is 18.9 Å². The van der Waals surface area contributed by atoms with Crippen molar-refractivity contribution in [1.82, 2.24) is 10.9 Å². The molecule has 1 saturated heterocycles. The van der Waals surface area contributed by atoms with E-state index in [0.29, 0.717) is 28.9 Å². The fourth-order valence-corrected chi connectivity index (χ4v) is 4.26. The summed E-state index contributed by atoms with van der Waals surface area (Å²) in [6, 6.07) is 14.5. The SMILES string of the molecule is COc1ccc(OC)c(NC(=O)CSC2=NC3NNCC3C(=O)N2c2ccccc2)c1. The average Bonchev–Trinajstić information content (AvgIpc) is 3.27. The van der Waals surface area contributed by atoms with Gasteiger partial charge in [-0.2, -0.15) is 0 Å². The quantitative estimate of drug-likeness (QED) is 0.628. The van der Waals surface area contributed by atoms with Gasteiger partial charge in [0.1, 0.15) is 17.7 Å². The highest BCUT2D eigenvalue weighted by Crippen LogP contribution is 2.31. The van der Waals surface area contributed by atoms with Crippen molar-refractivity contribution in [2.45, 2.75) is 6.17 Å². The number of nitrogens with one attached hydrogen (secondary N) is 3. The van der Waals surface area contributed by atoms with E-state index in [1.807, 2.05) is 30.3 Å². The molecule has 31 heavy (non-hydrogen) atoms. The van der Waals surface area contributed by atoms with Gasteiger partial charge in [-0.3, -0.25) is 19.9 Å². The van der Waals surface area contributed by atoms with Crippen LogP contribution in [0.25, 0.3) is 0 Å². The molecular formula is C21H23N5O4S. The topological polar surface area (TPSA) is 104 Å². The van der Waals surface area contributed by atoms with Gasteiger partial charge in [0.05, 0.1) is 37.3 Å². The van der Waals surface area contributed by atoms with E-state index in [2.05, 4.69) is 21.2 Å². The minimum Gasteiger partial charge on any atom is -0.497 e. The second-order valence-corrected chi connectivity index (χ2v) is 7.84. The first-order valence-electron chi connectivity index (χ1n) is 9.70. The van der Waals surface area contributed by atoms with Gasteiger partial charge in [-0.05, 0) is 24.3 Å². The molecule has 0 spiro atoms. The molecule has 2 aliphatic heterocycles. The maximum absolute atomic E-state index is 13.1. The van der Waals surface area contributed by atoms with Gasteiger partial charge in [0.25, 0.3) is 0 Å². The van der Waals surface area contributed by atoms with Crippen molar-refractivity contribution in [3.8, 4) is 11.5 Å². The van der Waals surface area contributed by atoms with Crippen molar-refractivity contribution < 1.29 is 19.1 Å². The number of benzene rings is 2. The number of hydrogen-bond acceptors (Lipinski definition) is 8. The van der Waals surface area contributed by atoms with E-state index in [1.54, 1.807) is 30.2 Å². The summed E-state index contributed by atoms with van der Waals surface area (Å²) in [4.78, 5) is 32.1. The van der Waals surface area contributed by atoms with Crippen molar-refractivity contribution in [2.24, 2.45) is 10.9 Å². The summed E-state index contributed by atoms with van der Waals surface area (Å²) in [5, 5.41) is 3.31. The van der Waals surface area contributed by atoms with Crippen LogP contribution in [0.5, 0.6) is 11.5 Å². The summed E-state index contributed by atoms with van der Waals surface area (Å²) < 4.78 is 10.5. The number of methoxy groups -OCH3 is 2. The molecule has 2 aromatic carbocycles. The normalized spacial score (nSPS) is 20.1. The lowest BCUT2D eigenvalue weighted by molar-refractivity contribution is -0.121. The molecule has 2 unspecified atom stereocenters. The van der Waals surface area contributed by atoms with Crippen LogP contribution in [0.2, 0.25) is 0 Å². The van der Waals surface area contributed by atoms with Crippen LogP contribution in [-0.2, 0) is 9.59 Å². The number of hydrogen-bond donors (Lipinski definition) is 3. The molecule has 4 rings (SSSR count). The summed E-state index contributed by atoms with van der Waals surface area (Å²) in [6.45, 7) is 0.504. The summed E-state index contributed by atoms with van der Waals surface area (Å²) >= 11 is 1.21. The molecule has 0 aliphatic carbocycles. The number of ether oxygens (including phenoxy) is 2. The second-order valence-electron chi connectivity index (χ2n) is 6.90. The van der Waals surface area contributed by atoms with Crippen LogP contribution in [0.3, 0.4) is 0 Å². The van der Waals surface area contributed by atoms with Crippen LogP contribution in [0, 0.1) is 5.92 Å². The number of nitrogens with zero attached hydrogens (tertiary/aromatic N) is 2. The molecule has 0 radical (unpaired) electrons. The Labute approximate surface area is 184 Å². The molecule has 2 heterocycles. The largest absolute Gasteiger partial charge is 0.497 e. The highest BCUT2D eigenvalue weighted by atomic mass is 32.2. The molecule has 162 valence electrons. The van der Waals surface area contributed by atoms with E-state index in [-0.39, 0.29) is 29.7 Å². The van der Waals surface area contributed by atoms with Crippen molar-refractivity contribution >= 4 is 40.1 Å². The first-order valence-corrected chi connectivity index (χ1v) is 10.7. The molecule has 2 aromatic rings. The molecule has 2 amide bonds. The molecule has 9 nitrogen and oxygen atoms in total. The molecule has 10 heteroatoms. The fourth-order valence-electron chi connectivity index (χ4n) is 3.41. The predicted molar refractivity (Wildman–Crippen MR) is 120 cm³/mol. The zero-order chi connectivity index (χ0) is 21.8. The van der Waals surface area contributed by atoms with Crippen molar-refractivity contribution in [2.75, 3.05) is 36.7 Å². The lowest BCUT2D eigenvalue weighted by atomic mass is 10.1. The fraction of sp³-hybridized carbons (Fsp3) is 0.286. The Morgan fingerprint density at radius 1 is 1.23 bits per heavy atom. The van der Waals surface area contributed by atoms with Crippen LogP contribution in [0.4, 0.5) is 11.4 Å². The Bertz CT molecular complexity index is 1000. The summed E-state index contributed by atoms with van der Waals surface area (Å²) in [5.74, 6) is 0.604. The number of amidine groups is 1. The molecule has 3 N–H and O–H groups in total. The number of carbonyl (C=O) groups is 2. The monoisotopic (exact) mass is 441 g/mol. The molecular weight excluding hydrogens is 418 g/mol. The number of fused-ring (bicyclic) bond motifs is 1. The summed E-state index contributed by atoms with van der Waals surface area (Å²) in [6.07, 6.45) is -0.350. The summed E-state index contributed by atoms with van der Waals surface area (Å²) in [5.41, 5.74) is 7.24. The number of aliphatic imine (C=N–C) groups is 1. The third-order valence-corrected chi connectivity index (χ3v) is 5.91. The number of carbonyl (C=O) groups excluding carboxylic acids is 2. The highest BCUT2D eigenvalue weighted by molar-refractivity contribution is 8.14. The second kappa shape index (κ2) is 9.38. The maximum atomic E-state index is 13.1. The number of hydrazine groups is 1. The Balaban J connectivity index is 1.51. The molecule has 1 fully saturated rings. The first-order chi connectivity index (χ1) is 15.1. The predicted octanol–water partition coefficient (Wildman–Crippen LogP) is 1.83. The minimum atomic E-state index is -0.350. The standard InChI is InChI=1S/C21H23N5O4S/c1-29-14-8-9-17(30-2)16(10-14)23-18(27)12-31-21-24-19-15(11-22-25-19)20(28)26(21)13-6-4-3-5-7-13/h3-10,15,19,22,25H,11-12H2,1-2H3,(H,23,27). The number of rotatable bonds is 6. The highest BCUT2D eigenvalue weighted by Gasteiger charge is 2.42. The van der Waals surface area contributed by atoms with Crippen molar-refractivity contribution in [1.29, 1.82) is 0 Å². The zero-order valence-electron chi connectivity index (χ0n) is 17.1. The van der Waals surface area contributed by atoms with Gasteiger partial charge in [-0.15, -0.1) is 0 Å². The minimum absolute atomic E-state index is 0.0546. The molecule has 0 saturated carbocycles. The molecule has 0 bridgehead atoms. The van der Waals surface area contributed by atoms with E-state index < -0.39 is 0 Å². The number of amides is 2. The third kappa shape index (κ3) is 4.50. The Hall–Kier alpha value is -3.08. The van der Waals surface area contributed by atoms with E-state index >= 15 is 0 Å². The van der Waals surface area contributed by atoms with Crippen LogP contribution < -0.4 is 30.5 Å². The van der Waals surface area contributed by atoms with Gasteiger partial charge < -0.3 is 14.8 Å². The van der Waals surface area contributed by atoms with Crippen LogP contribution in [-0.4, -0.2) is 49.7 Å². The number of anilines is 2. The van der Waals surface area contributed by atoms with E-state index in [9.17, 15) is 9.59 Å². The first kappa shape index (κ1) is 21.2. The number of para-hydroxylation sites is 1. The molecule has 2 atom stereocenters. The Morgan fingerprint density at radius 2 is 2.03 bits per heavy atom. The van der Waals surface area contributed by atoms with Gasteiger partial charge in [-0.25, -0.2) is 10.4 Å². The van der Waals surface area contributed by atoms with Gasteiger partial charge >= 0.3 is 0 Å². The van der Waals surface area contributed by atoms with Crippen LogP contribution in [0.15, 0.2) is 53.5 Å². The lowest BCUT2D eigenvalue weighted by Crippen LogP contribution is -2.49. The number of thioether (sulfide) groups is 1. The Kier molecular flexibility index (Phi) is 6.40. The van der Waals surface area contributed by atoms with E-state index in [4.69, 9.17) is 9.47 Å². The molecule has 0 aromatic heterocycles. The lowest BCUT2D eigenvalue weighted by Gasteiger charge is -2.32.